The largest absolute Gasteiger partial charge is 0.494 e. The van der Waals surface area contributed by atoms with Crippen molar-refractivity contribution >= 4 is 18.0 Å². The van der Waals surface area contributed by atoms with Crippen LogP contribution in [0.2, 0.25) is 0 Å². The maximum absolute atomic E-state index is 5.67. The molecule has 0 saturated heterocycles. The van der Waals surface area contributed by atoms with E-state index in [1.165, 1.54) is 5.56 Å². The zero-order valence-electron chi connectivity index (χ0n) is 16.9. The van der Waals surface area contributed by atoms with E-state index in [9.17, 15) is 0 Å². The molecule has 3 aromatic rings. The molecular weight excluding hydrogens is 362 g/mol. The first-order chi connectivity index (χ1) is 14.2. The molecule has 6 heteroatoms. The number of benzene rings is 2. The topological polar surface area (TPSA) is 71.4 Å². The Morgan fingerprint density at radius 2 is 1.83 bits per heavy atom. The van der Waals surface area contributed by atoms with Gasteiger partial charge in [-0.05, 0) is 48.7 Å². The summed E-state index contributed by atoms with van der Waals surface area (Å²) in [6.45, 7) is 5.50. The number of ether oxygens (including phenoxy) is 1. The molecule has 0 aliphatic heterocycles. The molecule has 2 aromatic carbocycles. The van der Waals surface area contributed by atoms with Crippen molar-refractivity contribution in [3.05, 3.63) is 77.5 Å². The van der Waals surface area contributed by atoms with Gasteiger partial charge in [0.2, 0.25) is 5.95 Å². The highest BCUT2D eigenvalue weighted by Gasteiger charge is 2.02. The van der Waals surface area contributed by atoms with Crippen molar-refractivity contribution in [1.29, 1.82) is 0 Å². The van der Waals surface area contributed by atoms with Crippen molar-refractivity contribution in [3.8, 4) is 5.75 Å². The summed E-state index contributed by atoms with van der Waals surface area (Å²) in [4.78, 5) is 8.90. The Morgan fingerprint density at radius 3 is 2.59 bits per heavy atom. The Kier molecular flexibility index (Phi) is 7.57. The first-order valence-corrected chi connectivity index (χ1v) is 9.88. The highest BCUT2D eigenvalue weighted by atomic mass is 16.5. The smallest absolute Gasteiger partial charge is 0.225 e. The molecular formula is C23H27N5O. The first-order valence-electron chi connectivity index (χ1n) is 9.88. The molecule has 0 atom stereocenters. The van der Waals surface area contributed by atoms with Gasteiger partial charge in [0.05, 0.1) is 12.8 Å². The third-order valence-electron chi connectivity index (χ3n) is 4.19. The zero-order chi connectivity index (χ0) is 20.3. The molecule has 0 aliphatic rings. The van der Waals surface area contributed by atoms with Gasteiger partial charge in [-0.1, -0.05) is 43.7 Å². The summed E-state index contributed by atoms with van der Waals surface area (Å²) >= 11 is 0. The van der Waals surface area contributed by atoms with Crippen molar-refractivity contribution in [3.63, 3.8) is 0 Å². The standard InChI is InChI=1S/C23H27N5O/c1-3-4-14-29-21-12-10-20(11-13-21)17-25-28-22-15-18(2)26-23(27-22)24-16-19-8-6-5-7-9-19/h5-13,15,17H,3-4,14,16H2,1-2H3,(H2,24,26,27,28)/b25-17-. The summed E-state index contributed by atoms with van der Waals surface area (Å²) in [6, 6.07) is 19.9. The maximum atomic E-state index is 5.67. The number of nitrogens with one attached hydrogen (secondary N) is 2. The highest BCUT2D eigenvalue weighted by Crippen LogP contribution is 2.13. The van der Waals surface area contributed by atoms with E-state index >= 15 is 0 Å². The molecule has 6 nitrogen and oxygen atoms in total. The van der Waals surface area contributed by atoms with Crippen molar-refractivity contribution in [2.45, 2.75) is 33.2 Å². The van der Waals surface area contributed by atoms with Crippen LogP contribution in [0, 0.1) is 6.92 Å². The second-order valence-corrected chi connectivity index (χ2v) is 6.70. The van der Waals surface area contributed by atoms with Gasteiger partial charge in [-0.3, -0.25) is 5.43 Å². The number of hydrazone groups is 1. The van der Waals surface area contributed by atoms with Gasteiger partial charge in [-0.15, -0.1) is 0 Å². The minimum absolute atomic E-state index is 0.570. The first kappa shape index (κ1) is 20.3. The van der Waals surface area contributed by atoms with Crippen LogP contribution < -0.4 is 15.5 Å². The fourth-order valence-electron chi connectivity index (χ4n) is 2.64. The number of nitrogens with zero attached hydrogens (tertiary/aromatic N) is 3. The van der Waals surface area contributed by atoms with Crippen LogP contribution in [0.4, 0.5) is 11.8 Å². The molecule has 0 aliphatic carbocycles. The van der Waals surface area contributed by atoms with Crippen molar-refractivity contribution < 1.29 is 4.74 Å². The van der Waals surface area contributed by atoms with E-state index in [4.69, 9.17) is 4.74 Å². The third kappa shape index (κ3) is 6.92. The Balaban J connectivity index is 1.55. The molecule has 150 valence electrons. The molecule has 1 aromatic heterocycles. The monoisotopic (exact) mass is 389 g/mol. The predicted octanol–water partition coefficient (Wildman–Crippen LogP) is 5.02. The number of rotatable bonds is 10. The fourth-order valence-corrected chi connectivity index (χ4v) is 2.64. The molecule has 0 saturated carbocycles. The molecule has 29 heavy (non-hydrogen) atoms. The Bertz CT molecular complexity index is 910. The lowest BCUT2D eigenvalue weighted by molar-refractivity contribution is 0.309. The fraction of sp³-hybridized carbons (Fsp3) is 0.261. The second-order valence-electron chi connectivity index (χ2n) is 6.70. The van der Waals surface area contributed by atoms with Gasteiger partial charge in [0.1, 0.15) is 5.75 Å². The summed E-state index contributed by atoms with van der Waals surface area (Å²) in [5.74, 6) is 2.09. The van der Waals surface area contributed by atoms with Crippen LogP contribution in [0.25, 0.3) is 0 Å². The summed E-state index contributed by atoms with van der Waals surface area (Å²) in [7, 11) is 0. The minimum Gasteiger partial charge on any atom is -0.494 e. The van der Waals surface area contributed by atoms with E-state index < -0.39 is 0 Å². The Hall–Kier alpha value is -3.41. The number of aryl methyl sites for hydroxylation is 1. The summed E-state index contributed by atoms with van der Waals surface area (Å²) in [5, 5.41) is 7.53. The van der Waals surface area contributed by atoms with E-state index in [1.807, 2.05) is 55.5 Å². The van der Waals surface area contributed by atoms with E-state index in [0.717, 1.165) is 36.5 Å². The van der Waals surface area contributed by atoms with Gasteiger partial charge in [-0.25, -0.2) is 4.98 Å². The SMILES string of the molecule is CCCCOc1ccc(/C=N\Nc2cc(C)nc(NCc3ccccc3)n2)cc1. The van der Waals surface area contributed by atoms with Crippen LogP contribution in [0.3, 0.4) is 0 Å². The van der Waals surface area contributed by atoms with Gasteiger partial charge >= 0.3 is 0 Å². The number of hydrogen-bond acceptors (Lipinski definition) is 6. The molecule has 0 amide bonds. The molecule has 1 heterocycles. The lowest BCUT2D eigenvalue weighted by Gasteiger charge is -2.08. The minimum atomic E-state index is 0.570. The summed E-state index contributed by atoms with van der Waals surface area (Å²) in [6.07, 6.45) is 3.94. The number of anilines is 2. The number of hydrogen-bond donors (Lipinski definition) is 2. The van der Waals surface area contributed by atoms with E-state index in [1.54, 1.807) is 6.21 Å². The maximum Gasteiger partial charge on any atom is 0.225 e. The molecule has 3 rings (SSSR count). The quantitative estimate of drug-likeness (QED) is 0.289. The zero-order valence-corrected chi connectivity index (χ0v) is 16.9. The van der Waals surface area contributed by atoms with Gasteiger partial charge in [-0.2, -0.15) is 10.1 Å². The van der Waals surface area contributed by atoms with Crippen LogP contribution in [-0.4, -0.2) is 22.8 Å². The Labute approximate surface area is 172 Å². The number of aromatic nitrogens is 2. The lowest BCUT2D eigenvalue weighted by Crippen LogP contribution is -2.06. The van der Waals surface area contributed by atoms with Crippen molar-refractivity contribution in [2.75, 3.05) is 17.3 Å². The van der Waals surface area contributed by atoms with E-state index in [2.05, 4.69) is 44.9 Å². The molecule has 0 radical (unpaired) electrons. The highest BCUT2D eigenvalue weighted by molar-refractivity contribution is 5.80. The molecule has 0 unspecified atom stereocenters. The van der Waals surface area contributed by atoms with Crippen LogP contribution in [0.1, 0.15) is 36.6 Å². The van der Waals surface area contributed by atoms with Gasteiger partial charge < -0.3 is 10.1 Å². The van der Waals surface area contributed by atoms with Gasteiger partial charge in [0.25, 0.3) is 0 Å². The lowest BCUT2D eigenvalue weighted by atomic mass is 10.2. The van der Waals surface area contributed by atoms with Crippen LogP contribution >= 0.6 is 0 Å². The predicted molar refractivity (Wildman–Crippen MR) is 119 cm³/mol. The van der Waals surface area contributed by atoms with E-state index in [0.29, 0.717) is 18.3 Å². The third-order valence-corrected chi connectivity index (χ3v) is 4.19. The molecule has 0 bridgehead atoms. The van der Waals surface area contributed by atoms with E-state index in [-0.39, 0.29) is 0 Å². The second kappa shape index (κ2) is 10.8. The van der Waals surface area contributed by atoms with Crippen molar-refractivity contribution in [2.24, 2.45) is 5.10 Å². The van der Waals surface area contributed by atoms with Crippen LogP contribution in [0.5, 0.6) is 5.75 Å². The molecule has 0 fully saturated rings. The average molecular weight is 390 g/mol. The van der Waals surface area contributed by atoms with Gasteiger partial charge in [0.15, 0.2) is 5.82 Å². The summed E-state index contributed by atoms with van der Waals surface area (Å²) < 4.78 is 5.67. The van der Waals surface area contributed by atoms with Gasteiger partial charge in [0, 0.05) is 18.3 Å². The molecule has 0 spiro atoms. The Morgan fingerprint density at radius 1 is 1.03 bits per heavy atom. The number of unbranched alkanes of at least 4 members (excludes halogenated alkanes) is 1. The molecule has 2 N–H and O–H groups in total. The summed E-state index contributed by atoms with van der Waals surface area (Å²) in [5.41, 5.74) is 5.99. The van der Waals surface area contributed by atoms with Crippen molar-refractivity contribution in [1.82, 2.24) is 9.97 Å². The average Bonchev–Trinajstić information content (AvgIpc) is 2.74. The van der Waals surface area contributed by atoms with Crippen LogP contribution in [0.15, 0.2) is 65.8 Å². The van der Waals surface area contributed by atoms with Crippen LogP contribution in [-0.2, 0) is 6.54 Å². The normalized spacial score (nSPS) is 10.8.